The molecule has 2 heterocycles. The summed E-state index contributed by atoms with van der Waals surface area (Å²) in [6, 6.07) is 4.06. The first kappa shape index (κ1) is 13.0. The minimum Gasteiger partial charge on any atom is -0.347 e. The van der Waals surface area contributed by atoms with Crippen molar-refractivity contribution in [2.45, 2.75) is 20.0 Å². The molecule has 5 heteroatoms. The van der Waals surface area contributed by atoms with Crippen LogP contribution in [-0.2, 0) is 13.1 Å². The SMILES string of the molecule is CCNCc1csc(N(C)Cc2ccncc2)n1. The lowest BCUT2D eigenvalue weighted by molar-refractivity contribution is 0.713. The summed E-state index contributed by atoms with van der Waals surface area (Å²) in [5.41, 5.74) is 2.36. The molecule has 2 rings (SSSR count). The van der Waals surface area contributed by atoms with E-state index in [1.54, 1.807) is 11.3 Å². The van der Waals surface area contributed by atoms with Crippen molar-refractivity contribution in [2.24, 2.45) is 0 Å². The molecule has 0 saturated carbocycles. The molecule has 4 nitrogen and oxygen atoms in total. The van der Waals surface area contributed by atoms with Gasteiger partial charge in [0.1, 0.15) is 0 Å². The van der Waals surface area contributed by atoms with Crippen LogP contribution in [0.4, 0.5) is 5.13 Å². The van der Waals surface area contributed by atoms with Crippen molar-refractivity contribution in [1.29, 1.82) is 0 Å². The molecule has 0 bridgehead atoms. The summed E-state index contributed by atoms with van der Waals surface area (Å²) in [5, 5.41) is 6.45. The molecule has 2 aromatic rings. The molecule has 96 valence electrons. The third kappa shape index (κ3) is 3.51. The maximum atomic E-state index is 4.61. The standard InChI is InChI=1S/C13H18N4S/c1-3-14-8-12-10-18-13(16-12)17(2)9-11-4-6-15-7-5-11/h4-7,10,14H,3,8-9H2,1-2H3. The van der Waals surface area contributed by atoms with Gasteiger partial charge in [0.2, 0.25) is 0 Å². The normalized spacial score (nSPS) is 10.6. The molecule has 18 heavy (non-hydrogen) atoms. The van der Waals surface area contributed by atoms with Crippen LogP contribution in [0.1, 0.15) is 18.2 Å². The molecular formula is C13H18N4S. The van der Waals surface area contributed by atoms with E-state index < -0.39 is 0 Å². The fraction of sp³-hybridized carbons (Fsp3) is 0.385. The number of hydrogen-bond acceptors (Lipinski definition) is 5. The number of hydrogen-bond donors (Lipinski definition) is 1. The predicted octanol–water partition coefficient (Wildman–Crippen LogP) is 2.28. The van der Waals surface area contributed by atoms with E-state index in [-0.39, 0.29) is 0 Å². The number of nitrogens with zero attached hydrogens (tertiary/aromatic N) is 3. The lowest BCUT2D eigenvalue weighted by Gasteiger charge is -2.15. The van der Waals surface area contributed by atoms with Gasteiger partial charge in [-0.3, -0.25) is 4.98 Å². The number of pyridine rings is 1. The summed E-state index contributed by atoms with van der Waals surface area (Å²) in [6.45, 7) is 4.77. The summed E-state index contributed by atoms with van der Waals surface area (Å²) in [5.74, 6) is 0. The molecule has 0 radical (unpaired) electrons. The van der Waals surface area contributed by atoms with Gasteiger partial charge in [0.15, 0.2) is 5.13 Å². The Morgan fingerprint density at radius 2 is 2.11 bits per heavy atom. The van der Waals surface area contributed by atoms with Crippen molar-refractivity contribution in [1.82, 2.24) is 15.3 Å². The van der Waals surface area contributed by atoms with E-state index in [0.29, 0.717) is 0 Å². The van der Waals surface area contributed by atoms with Crippen molar-refractivity contribution in [3.05, 3.63) is 41.2 Å². The second-order valence-corrected chi connectivity index (χ2v) is 4.95. The number of anilines is 1. The molecule has 0 aliphatic rings. The molecule has 0 unspecified atom stereocenters. The summed E-state index contributed by atoms with van der Waals surface area (Å²) < 4.78 is 0. The Morgan fingerprint density at radius 3 is 2.83 bits per heavy atom. The smallest absolute Gasteiger partial charge is 0.185 e. The first-order valence-electron chi connectivity index (χ1n) is 6.04. The van der Waals surface area contributed by atoms with E-state index in [2.05, 4.69) is 39.5 Å². The van der Waals surface area contributed by atoms with Gasteiger partial charge in [0, 0.05) is 37.9 Å². The Hall–Kier alpha value is -1.46. The molecule has 0 fully saturated rings. The van der Waals surface area contributed by atoms with Gasteiger partial charge >= 0.3 is 0 Å². The zero-order valence-corrected chi connectivity index (χ0v) is 11.6. The van der Waals surface area contributed by atoms with Crippen LogP contribution < -0.4 is 10.2 Å². The molecule has 0 saturated heterocycles. The number of nitrogens with one attached hydrogen (secondary N) is 1. The van der Waals surface area contributed by atoms with E-state index >= 15 is 0 Å². The minimum absolute atomic E-state index is 0.843. The van der Waals surface area contributed by atoms with E-state index in [1.165, 1.54) is 5.56 Å². The number of rotatable bonds is 6. The van der Waals surface area contributed by atoms with Gasteiger partial charge in [0.05, 0.1) is 5.69 Å². The fourth-order valence-electron chi connectivity index (χ4n) is 1.64. The molecule has 0 aliphatic carbocycles. The first-order chi connectivity index (χ1) is 8.79. The quantitative estimate of drug-likeness (QED) is 0.867. The summed E-state index contributed by atoms with van der Waals surface area (Å²) in [7, 11) is 2.07. The van der Waals surface area contributed by atoms with Crippen molar-refractivity contribution in [3.8, 4) is 0 Å². The predicted molar refractivity (Wildman–Crippen MR) is 75.8 cm³/mol. The minimum atomic E-state index is 0.843. The van der Waals surface area contributed by atoms with Gasteiger partial charge in [-0.05, 0) is 24.2 Å². The summed E-state index contributed by atoms with van der Waals surface area (Å²) in [4.78, 5) is 10.8. The monoisotopic (exact) mass is 262 g/mol. The molecule has 0 aromatic carbocycles. The van der Waals surface area contributed by atoms with E-state index in [0.717, 1.165) is 30.5 Å². The Bertz CT molecular complexity index is 469. The lowest BCUT2D eigenvalue weighted by atomic mass is 10.2. The maximum absolute atomic E-state index is 4.61. The Morgan fingerprint density at radius 1 is 1.33 bits per heavy atom. The van der Waals surface area contributed by atoms with E-state index in [4.69, 9.17) is 0 Å². The lowest BCUT2D eigenvalue weighted by Crippen LogP contribution is -2.17. The van der Waals surface area contributed by atoms with Crippen LogP contribution in [-0.4, -0.2) is 23.6 Å². The van der Waals surface area contributed by atoms with Crippen LogP contribution in [0.5, 0.6) is 0 Å². The summed E-state index contributed by atoms with van der Waals surface area (Å²) >= 11 is 1.69. The van der Waals surface area contributed by atoms with Crippen LogP contribution in [0.15, 0.2) is 29.9 Å². The summed E-state index contributed by atoms with van der Waals surface area (Å²) in [6.07, 6.45) is 3.64. The largest absolute Gasteiger partial charge is 0.347 e. The average Bonchev–Trinajstić information content (AvgIpc) is 2.86. The van der Waals surface area contributed by atoms with Gasteiger partial charge in [-0.2, -0.15) is 0 Å². The van der Waals surface area contributed by atoms with Crippen molar-refractivity contribution >= 4 is 16.5 Å². The Labute approximate surface area is 112 Å². The number of aromatic nitrogens is 2. The molecule has 0 atom stereocenters. The van der Waals surface area contributed by atoms with Gasteiger partial charge in [-0.1, -0.05) is 6.92 Å². The Balaban J connectivity index is 1.96. The van der Waals surface area contributed by atoms with Crippen LogP contribution in [0.3, 0.4) is 0 Å². The third-order valence-electron chi connectivity index (χ3n) is 2.59. The highest BCUT2D eigenvalue weighted by atomic mass is 32.1. The topological polar surface area (TPSA) is 41.0 Å². The molecular weight excluding hydrogens is 244 g/mol. The molecule has 0 spiro atoms. The Kier molecular flexibility index (Phi) is 4.66. The highest BCUT2D eigenvalue weighted by molar-refractivity contribution is 7.13. The third-order valence-corrected chi connectivity index (χ3v) is 3.60. The highest BCUT2D eigenvalue weighted by Gasteiger charge is 2.07. The zero-order valence-electron chi connectivity index (χ0n) is 10.8. The van der Waals surface area contributed by atoms with Crippen LogP contribution in [0.2, 0.25) is 0 Å². The van der Waals surface area contributed by atoms with Crippen LogP contribution in [0, 0.1) is 0 Å². The van der Waals surface area contributed by atoms with Gasteiger partial charge in [-0.25, -0.2) is 4.98 Å². The highest BCUT2D eigenvalue weighted by Crippen LogP contribution is 2.20. The fourth-order valence-corrected chi connectivity index (χ4v) is 2.43. The zero-order chi connectivity index (χ0) is 12.8. The second-order valence-electron chi connectivity index (χ2n) is 4.11. The number of thiazole rings is 1. The van der Waals surface area contributed by atoms with E-state index in [1.807, 2.05) is 24.5 Å². The van der Waals surface area contributed by atoms with Crippen molar-refractivity contribution in [2.75, 3.05) is 18.5 Å². The van der Waals surface area contributed by atoms with Gasteiger partial charge in [0.25, 0.3) is 0 Å². The van der Waals surface area contributed by atoms with Gasteiger partial charge < -0.3 is 10.2 Å². The molecule has 0 aliphatic heterocycles. The van der Waals surface area contributed by atoms with Gasteiger partial charge in [-0.15, -0.1) is 11.3 Å². The maximum Gasteiger partial charge on any atom is 0.185 e. The molecule has 1 N–H and O–H groups in total. The van der Waals surface area contributed by atoms with Crippen molar-refractivity contribution in [3.63, 3.8) is 0 Å². The molecule has 0 amide bonds. The van der Waals surface area contributed by atoms with Crippen molar-refractivity contribution < 1.29 is 0 Å². The van der Waals surface area contributed by atoms with E-state index in [9.17, 15) is 0 Å². The van der Waals surface area contributed by atoms with Crippen LogP contribution in [0.25, 0.3) is 0 Å². The van der Waals surface area contributed by atoms with Crippen LogP contribution >= 0.6 is 11.3 Å². The second kappa shape index (κ2) is 6.47. The first-order valence-corrected chi connectivity index (χ1v) is 6.92. The molecule has 2 aromatic heterocycles. The average molecular weight is 262 g/mol.